The van der Waals surface area contributed by atoms with Gasteiger partial charge in [-0.15, -0.1) is 11.3 Å². The summed E-state index contributed by atoms with van der Waals surface area (Å²) in [5.74, 6) is 1.84. The number of nitrogens with zero attached hydrogens (tertiary/aromatic N) is 4. The Kier molecular flexibility index (Phi) is 5.49. The monoisotopic (exact) mass is 505 g/mol. The van der Waals surface area contributed by atoms with Crippen molar-refractivity contribution in [2.75, 3.05) is 0 Å². The number of fused-ring (bicyclic) bond motifs is 4. The molecule has 0 bridgehead atoms. The van der Waals surface area contributed by atoms with Gasteiger partial charge < -0.3 is 9.72 Å². The van der Waals surface area contributed by atoms with E-state index in [0.717, 1.165) is 46.5 Å². The van der Waals surface area contributed by atoms with Crippen molar-refractivity contribution >= 4 is 37.9 Å². The Morgan fingerprint density at radius 3 is 2.80 bits per heavy atom. The molecule has 10 heteroatoms. The number of aryl methyl sites for hydroxylation is 2. The van der Waals surface area contributed by atoms with Gasteiger partial charge in [0.2, 0.25) is 4.96 Å². The quantitative estimate of drug-likeness (QED) is 0.380. The summed E-state index contributed by atoms with van der Waals surface area (Å²) in [5.41, 5.74) is 2.26. The average Bonchev–Trinajstić information content (AvgIpc) is 3.44. The molecule has 1 aliphatic rings. The fraction of sp³-hybridized carbons (Fsp3) is 0.320. The molecule has 1 atom stereocenters. The summed E-state index contributed by atoms with van der Waals surface area (Å²) in [4.78, 5) is 40.1. The predicted molar refractivity (Wildman–Crippen MR) is 138 cm³/mol. The lowest BCUT2D eigenvalue weighted by molar-refractivity contribution is 0.301. The SMILES string of the molecule is CCc1nn2c(=O)cc(COc3ccc(-c4nc5sc6c(c5c(=O)[nH]4)CCC(C)C6)cc3)nc2s1. The Morgan fingerprint density at radius 1 is 1.17 bits per heavy atom. The molecule has 1 N–H and O–H groups in total. The summed E-state index contributed by atoms with van der Waals surface area (Å²) in [6.07, 6.45) is 3.84. The van der Waals surface area contributed by atoms with E-state index in [1.807, 2.05) is 31.2 Å². The Morgan fingerprint density at radius 2 is 2.00 bits per heavy atom. The zero-order valence-electron chi connectivity index (χ0n) is 19.3. The van der Waals surface area contributed by atoms with Crippen LogP contribution < -0.4 is 15.9 Å². The van der Waals surface area contributed by atoms with Crippen LogP contribution in [-0.4, -0.2) is 24.6 Å². The van der Waals surface area contributed by atoms with Gasteiger partial charge in [0.25, 0.3) is 11.1 Å². The number of benzene rings is 1. The van der Waals surface area contributed by atoms with Crippen LogP contribution >= 0.6 is 22.7 Å². The lowest BCUT2D eigenvalue weighted by Gasteiger charge is -2.17. The zero-order chi connectivity index (χ0) is 24.1. The number of H-pyrrole nitrogens is 1. The number of aromatic amines is 1. The number of rotatable bonds is 5. The molecule has 0 spiro atoms. The molecule has 1 unspecified atom stereocenters. The van der Waals surface area contributed by atoms with Crippen LogP contribution in [0.5, 0.6) is 5.75 Å². The normalized spacial score (nSPS) is 15.5. The number of thiophene rings is 1. The van der Waals surface area contributed by atoms with E-state index in [1.165, 1.54) is 32.4 Å². The van der Waals surface area contributed by atoms with Crippen molar-refractivity contribution in [1.29, 1.82) is 0 Å². The third kappa shape index (κ3) is 4.06. The topological polar surface area (TPSA) is 102 Å². The lowest BCUT2D eigenvalue weighted by Crippen LogP contribution is -2.16. The molecule has 0 radical (unpaired) electrons. The Labute approximate surface area is 208 Å². The van der Waals surface area contributed by atoms with Crippen LogP contribution in [0.1, 0.15) is 41.4 Å². The summed E-state index contributed by atoms with van der Waals surface area (Å²) in [6.45, 7) is 4.42. The van der Waals surface area contributed by atoms with Crippen molar-refractivity contribution in [1.82, 2.24) is 24.6 Å². The molecule has 0 saturated carbocycles. The fourth-order valence-electron chi connectivity index (χ4n) is 4.46. The molecule has 4 aromatic heterocycles. The third-order valence-corrected chi connectivity index (χ3v) is 8.52. The highest BCUT2D eigenvalue weighted by molar-refractivity contribution is 7.18. The molecule has 0 amide bonds. The molecule has 1 aliphatic carbocycles. The third-order valence-electron chi connectivity index (χ3n) is 6.32. The molecular weight excluding hydrogens is 482 g/mol. The maximum absolute atomic E-state index is 12.9. The molecule has 4 heterocycles. The van der Waals surface area contributed by atoms with E-state index in [0.29, 0.717) is 28.1 Å². The first-order chi connectivity index (χ1) is 17.0. The Hall–Kier alpha value is -3.37. The van der Waals surface area contributed by atoms with E-state index >= 15 is 0 Å². The first-order valence-corrected chi connectivity index (χ1v) is 13.3. The molecule has 6 rings (SSSR count). The van der Waals surface area contributed by atoms with Gasteiger partial charge in [0.15, 0.2) is 0 Å². The predicted octanol–water partition coefficient (Wildman–Crippen LogP) is 4.38. The molecule has 0 aliphatic heterocycles. The number of ether oxygens (including phenoxy) is 1. The van der Waals surface area contributed by atoms with Crippen molar-refractivity contribution in [2.45, 2.75) is 46.1 Å². The highest BCUT2D eigenvalue weighted by Crippen LogP contribution is 2.36. The molecule has 5 aromatic rings. The molecule has 8 nitrogen and oxygen atoms in total. The molecule has 0 saturated heterocycles. The van der Waals surface area contributed by atoms with Crippen LogP contribution in [-0.2, 0) is 25.9 Å². The second-order valence-corrected chi connectivity index (χ2v) is 11.0. The summed E-state index contributed by atoms with van der Waals surface area (Å²) < 4.78 is 7.19. The van der Waals surface area contributed by atoms with Crippen LogP contribution in [0.3, 0.4) is 0 Å². The van der Waals surface area contributed by atoms with Gasteiger partial charge in [0.05, 0.1) is 11.1 Å². The zero-order valence-corrected chi connectivity index (χ0v) is 21.0. The van der Waals surface area contributed by atoms with E-state index in [4.69, 9.17) is 9.72 Å². The molecule has 0 fully saturated rings. The maximum atomic E-state index is 12.9. The molecular formula is C25H23N5O3S2. The Balaban J connectivity index is 1.22. The van der Waals surface area contributed by atoms with E-state index < -0.39 is 0 Å². The van der Waals surface area contributed by atoms with Crippen molar-refractivity contribution in [3.8, 4) is 17.1 Å². The van der Waals surface area contributed by atoms with Gasteiger partial charge in [-0.25, -0.2) is 9.97 Å². The van der Waals surface area contributed by atoms with Gasteiger partial charge in [0.1, 0.15) is 28.0 Å². The first kappa shape index (κ1) is 22.1. The second kappa shape index (κ2) is 8.69. The Bertz CT molecular complexity index is 1680. The molecule has 35 heavy (non-hydrogen) atoms. The van der Waals surface area contributed by atoms with Gasteiger partial charge in [-0.1, -0.05) is 25.2 Å². The summed E-state index contributed by atoms with van der Waals surface area (Å²) >= 11 is 3.05. The van der Waals surface area contributed by atoms with Crippen molar-refractivity contribution in [3.05, 3.63) is 72.2 Å². The number of hydrogen-bond donors (Lipinski definition) is 1. The highest BCUT2D eigenvalue weighted by Gasteiger charge is 2.23. The minimum atomic E-state index is -0.213. The summed E-state index contributed by atoms with van der Waals surface area (Å²) in [6, 6.07) is 8.85. The standard InChI is InChI=1S/C25H23N5O3S2/c1-3-19-29-30-20(31)11-15(26-25(30)35-19)12-33-16-7-5-14(6-8-16)22-27-23(32)21-17-9-4-13(2)10-18(17)34-24(21)28-22/h5-8,11,13H,3-4,9-10,12H2,1-2H3,(H,27,28,32). The largest absolute Gasteiger partial charge is 0.487 e. The van der Waals surface area contributed by atoms with Gasteiger partial charge in [0, 0.05) is 16.5 Å². The first-order valence-electron chi connectivity index (χ1n) is 11.6. The smallest absolute Gasteiger partial charge is 0.275 e. The van der Waals surface area contributed by atoms with Crippen LogP contribution in [0, 0.1) is 5.92 Å². The summed E-state index contributed by atoms with van der Waals surface area (Å²) in [7, 11) is 0. The second-order valence-electron chi connectivity index (χ2n) is 8.89. The number of nitrogens with one attached hydrogen (secondary N) is 1. The van der Waals surface area contributed by atoms with E-state index in [1.54, 1.807) is 11.3 Å². The van der Waals surface area contributed by atoms with Crippen LogP contribution in [0.25, 0.3) is 26.6 Å². The van der Waals surface area contributed by atoms with Gasteiger partial charge in [-0.3, -0.25) is 9.59 Å². The minimum absolute atomic E-state index is 0.0700. The van der Waals surface area contributed by atoms with Crippen molar-refractivity contribution in [2.24, 2.45) is 5.92 Å². The van der Waals surface area contributed by atoms with Gasteiger partial charge in [-0.2, -0.15) is 9.61 Å². The van der Waals surface area contributed by atoms with Gasteiger partial charge in [-0.05, 0) is 61.4 Å². The highest BCUT2D eigenvalue weighted by atomic mass is 32.1. The van der Waals surface area contributed by atoms with E-state index in [2.05, 4.69) is 22.0 Å². The van der Waals surface area contributed by atoms with E-state index in [9.17, 15) is 9.59 Å². The van der Waals surface area contributed by atoms with E-state index in [-0.39, 0.29) is 17.7 Å². The summed E-state index contributed by atoms with van der Waals surface area (Å²) in [5, 5.41) is 5.89. The fourth-order valence-corrected chi connectivity index (χ4v) is 6.71. The van der Waals surface area contributed by atoms with Crippen LogP contribution in [0.4, 0.5) is 0 Å². The maximum Gasteiger partial charge on any atom is 0.275 e. The van der Waals surface area contributed by atoms with Crippen LogP contribution in [0.2, 0.25) is 0 Å². The van der Waals surface area contributed by atoms with Gasteiger partial charge >= 0.3 is 0 Å². The molecule has 1 aromatic carbocycles. The lowest BCUT2D eigenvalue weighted by atomic mass is 9.89. The van der Waals surface area contributed by atoms with Crippen molar-refractivity contribution in [3.63, 3.8) is 0 Å². The number of aromatic nitrogens is 5. The molecule has 178 valence electrons. The number of hydrogen-bond acceptors (Lipinski definition) is 8. The minimum Gasteiger partial charge on any atom is -0.487 e. The van der Waals surface area contributed by atoms with Crippen molar-refractivity contribution < 1.29 is 4.74 Å². The average molecular weight is 506 g/mol. The van der Waals surface area contributed by atoms with Crippen LogP contribution in [0.15, 0.2) is 39.9 Å².